The first kappa shape index (κ1) is 18.1. The summed E-state index contributed by atoms with van der Waals surface area (Å²) in [5, 5.41) is 0. The summed E-state index contributed by atoms with van der Waals surface area (Å²) >= 11 is 0. The molecule has 3 aliphatic rings. The number of methoxy groups -OCH3 is 1. The van der Waals surface area contributed by atoms with Gasteiger partial charge in [0.2, 0.25) is 10.0 Å². The van der Waals surface area contributed by atoms with Crippen molar-refractivity contribution in [2.45, 2.75) is 62.1 Å². The molecule has 0 unspecified atom stereocenters. The molecule has 144 valence electrons. The van der Waals surface area contributed by atoms with E-state index in [0.29, 0.717) is 23.8 Å². The van der Waals surface area contributed by atoms with Crippen LogP contribution in [-0.4, -0.2) is 57.7 Å². The highest BCUT2D eigenvalue weighted by atomic mass is 32.2. The van der Waals surface area contributed by atoms with Crippen LogP contribution in [0.4, 0.5) is 5.69 Å². The molecule has 6 nitrogen and oxygen atoms in total. The van der Waals surface area contributed by atoms with E-state index in [-0.39, 0.29) is 18.2 Å². The molecule has 2 atom stereocenters. The summed E-state index contributed by atoms with van der Waals surface area (Å²) in [6.45, 7) is 4.00. The molecule has 7 heteroatoms. The number of nitrogens with zero attached hydrogens (tertiary/aromatic N) is 2. The summed E-state index contributed by atoms with van der Waals surface area (Å²) in [6.07, 6.45) is 4.69. The Morgan fingerprint density at radius 2 is 2.00 bits per heavy atom. The molecule has 0 amide bonds. The van der Waals surface area contributed by atoms with Crippen molar-refractivity contribution >= 4 is 15.7 Å². The molecular formula is C19H28N2O4S. The zero-order valence-corrected chi connectivity index (χ0v) is 16.4. The second kappa shape index (κ2) is 7.02. The average Bonchev–Trinajstić information content (AvgIpc) is 3.31. The largest absolute Gasteiger partial charge is 0.489 e. The van der Waals surface area contributed by atoms with Crippen LogP contribution in [0.2, 0.25) is 0 Å². The van der Waals surface area contributed by atoms with Crippen LogP contribution in [0.3, 0.4) is 0 Å². The van der Waals surface area contributed by atoms with Crippen LogP contribution in [0.25, 0.3) is 0 Å². The predicted molar refractivity (Wildman–Crippen MR) is 100 cm³/mol. The Balaban J connectivity index is 1.83. The Labute approximate surface area is 156 Å². The van der Waals surface area contributed by atoms with E-state index in [2.05, 4.69) is 4.90 Å². The molecule has 1 saturated carbocycles. The number of anilines is 1. The van der Waals surface area contributed by atoms with Crippen molar-refractivity contribution in [1.29, 1.82) is 0 Å². The molecule has 1 aromatic carbocycles. The molecule has 0 N–H and O–H groups in total. The number of hydrogen-bond donors (Lipinski definition) is 0. The van der Waals surface area contributed by atoms with Crippen molar-refractivity contribution in [2.24, 2.45) is 0 Å². The Bertz CT molecular complexity index is 763. The number of hydrogen-bond acceptors (Lipinski definition) is 5. The lowest BCUT2D eigenvalue weighted by atomic mass is 10.2. The first-order valence-corrected chi connectivity index (χ1v) is 11.0. The van der Waals surface area contributed by atoms with E-state index in [9.17, 15) is 8.42 Å². The maximum Gasteiger partial charge on any atom is 0.249 e. The van der Waals surface area contributed by atoms with Crippen molar-refractivity contribution in [2.75, 3.05) is 31.7 Å². The second-order valence-electron chi connectivity index (χ2n) is 7.61. The minimum atomic E-state index is -3.58. The van der Waals surface area contributed by atoms with Crippen LogP contribution in [0, 0.1) is 0 Å². The molecule has 1 saturated heterocycles. The minimum Gasteiger partial charge on any atom is -0.489 e. The summed E-state index contributed by atoms with van der Waals surface area (Å²) < 4.78 is 40.3. The van der Waals surface area contributed by atoms with Gasteiger partial charge in [-0.3, -0.25) is 0 Å². The van der Waals surface area contributed by atoms with Gasteiger partial charge in [0.1, 0.15) is 10.6 Å². The van der Waals surface area contributed by atoms with Crippen molar-refractivity contribution in [3.8, 4) is 5.75 Å². The lowest BCUT2D eigenvalue weighted by Crippen LogP contribution is -2.40. The maximum absolute atomic E-state index is 13.6. The van der Waals surface area contributed by atoms with Crippen LogP contribution in [0.1, 0.15) is 39.0 Å². The highest BCUT2D eigenvalue weighted by molar-refractivity contribution is 7.89. The topological polar surface area (TPSA) is 59.1 Å². The van der Waals surface area contributed by atoms with Gasteiger partial charge in [-0.25, -0.2) is 8.42 Å². The molecule has 2 aliphatic heterocycles. The van der Waals surface area contributed by atoms with Gasteiger partial charge in [-0.2, -0.15) is 4.31 Å². The molecule has 0 radical (unpaired) electrons. The van der Waals surface area contributed by atoms with Gasteiger partial charge < -0.3 is 14.4 Å². The van der Waals surface area contributed by atoms with Crippen LogP contribution in [0.5, 0.6) is 5.75 Å². The molecule has 1 aromatic rings. The summed E-state index contributed by atoms with van der Waals surface area (Å²) in [6, 6.07) is 5.98. The maximum atomic E-state index is 13.6. The van der Waals surface area contributed by atoms with Gasteiger partial charge in [-0.05, 0) is 51.2 Å². The van der Waals surface area contributed by atoms with E-state index >= 15 is 0 Å². The van der Waals surface area contributed by atoms with Gasteiger partial charge >= 0.3 is 0 Å². The normalized spacial score (nSPS) is 28.9. The smallest absolute Gasteiger partial charge is 0.249 e. The van der Waals surface area contributed by atoms with Crippen LogP contribution in [-0.2, 0) is 14.8 Å². The van der Waals surface area contributed by atoms with E-state index in [4.69, 9.17) is 9.47 Å². The first-order chi connectivity index (χ1) is 12.5. The number of ether oxygens (including phenoxy) is 2. The van der Waals surface area contributed by atoms with E-state index in [1.165, 1.54) is 0 Å². The van der Waals surface area contributed by atoms with E-state index < -0.39 is 10.0 Å². The zero-order valence-electron chi connectivity index (χ0n) is 15.6. The fourth-order valence-electron chi connectivity index (χ4n) is 4.16. The van der Waals surface area contributed by atoms with Gasteiger partial charge in [0.15, 0.2) is 0 Å². The van der Waals surface area contributed by atoms with E-state index in [1.807, 2.05) is 19.1 Å². The number of fused-ring (bicyclic) bond motifs is 1. The molecule has 0 bridgehead atoms. The summed E-state index contributed by atoms with van der Waals surface area (Å²) in [4.78, 5) is 2.54. The van der Waals surface area contributed by atoms with Crippen LogP contribution < -0.4 is 9.64 Å². The highest BCUT2D eigenvalue weighted by Crippen LogP contribution is 2.43. The van der Waals surface area contributed by atoms with Crippen molar-refractivity contribution in [1.82, 2.24) is 4.31 Å². The minimum absolute atomic E-state index is 0.00546. The Kier molecular flexibility index (Phi) is 4.88. The highest BCUT2D eigenvalue weighted by Gasteiger charge is 2.43. The number of benzene rings is 1. The Morgan fingerprint density at radius 3 is 2.73 bits per heavy atom. The molecule has 2 fully saturated rings. The van der Waals surface area contributed by atoms with Crippen molar-refractivity contribution in [3.05, 3.63) is 18.2 Å². The monoisotopic (exact) mass is 380 g/mol. The Morgan fingerprint density at radius 1 is 1.19 bits per heavy atom. The third kappa shape index (κ3) is 3.21. The lowest BCUT2D eigenvalue weighted by molar-refractivity contribution is 0.179. The molecule has 0 spiro atoms. The van der Waals surface area contributed by atoms with Gasteiger partial charge in [-0.15, -0.1) is 0 Å². The second-order valence-corrected chi connectivity index (χ2v) is 9.44. The lowest BCUT2D eigenvalue weighted by Gasteiger charge is -2.33. The van der Waals surface area contributed by atoms with Gasteiger partial charge in [0.25, 0.3) is 0 Å². The quantitative estimate of drug-likeness (QED) is 0.804. The number of rotatable bonds is 4. The van der Waals surface area contributed by atoms with E-state index in [0.717, 1.165) is 44.3 Å². The van der Waals surface area contributed by atoms with Crippen molar-refractivity contribution in [3.63, 3.8) is 0 Å². The Hall–Kier alpha value is -1.31. The number of sulfonamides is 1. The summed E-state index contributed by atoms with van der Waals surface area (Å²) in [7, 11) is -1.89. The molecule has 0 aromatic heterocycles. The zero-order chi connectivity index (χ0) is 18.3. The fourth-order valence-corrected chi connectivity index (χ4v) is 6.17. The standard InChI is InChI=1S/C19H28N2O4S/c1-14-10-12-21(15-8-9-15)26(22,23)19-17(6-3-7-18(19)25-14)20-11-4-5-16(20)13-24-2/h3,6-7,14-16H,4-5,8-13H2,1-2H3/t14-,16+/m1/s1. The fraction of sp³-hybridized carbons (Fsp3) is 0.684. The molecule has 2 heterocycles. The van der Waals surface area contributed by atoms with Crippen LogP contribution >= 0.6 is 0 Å². The van der Waals surface area contributed by atoms with Crippen LogP contribution in [0.15, 0.2) is 23.1 Å². The van der Waals surface area contributed by atoms with Gasteiger partial charge in [0.05, 0.1) is 24.4 Å². The third-order valence-electron chi connectivity index (χ3n) is 5.61. The SMILES string of the molecule is COC[C@@H]1CCCN1c1cccc2c1S(=O)(=O)N(C1CC1)CC[C@@H](C)O2. The summed E-state index contributed by atoms with van der Waals surface area (Å²) in [5.41, 5.74) is 0.766. The summed E-state index contributed by atoms with van der Waals surface area (Å²) in [5.74, 6) is 0.489. The van der Waals surface area contributed by atoms with E-state index in [1.54, 1.807) is 17.5 Å². The third-order valence-corrected chi connectivity index (χ3v) is 7.63. The van der Waals surface area contributed by atoms with Crippen molar-refractivity contribution < 1.29 is 17.9 Å². The van der Waals surface area contributed by atoms with Gasteiger partial charge in [-0.1, -0.05) is 6.07 Å². The average molecular weight is 381 g/mol. The molecule has 4 rings (SSSR count). The first-order valence-electron chi connectivity index (χ1n) is 9.59. The molecular weight excluding hydrogens is 352 g/mol. The predicted octanol–water partition coefficient (Wildman–Crippen LogP) is 2.63. The molecule has 1 aliphatic carbocycles. The van der Waals surface area contributed by atoms with Gasteiger partial charge in [0, 0.05) is 26.2 Å². The molecule has 26 heavy (non-hydrogen) atoms.